The molecule has 3 aromatic heterocycles. The second-order valence-electron chi connectivity index (χ2n) is 5.87. The Labute approximate surface area is 144 Å². The summed E-state index contributed by atoms with van der Waals surface area (Å²) in [4.78, 5) is 20.9. The molecule has 0 saturated carbocycles. The van der Waals surface area contributed by atoms with Gasteiger partial charge in [-0.05, 0) is 48.9 Å². The number of nitrogens with zero attached hydrogens (tertiary/aromatic N) is 3. The summed E-state index contributed by atoms with van der Waals surface area (Å²) in [5.74, 6) is 1.07. The molecule has 0 aliphatic rings. The second kappa shape index (κ2) is 5.90. The molecule has 0 fully saturated rings. The molecule has 0 aliphatic heterocycles. The van der Waals surface area contributed by atoms with Crippen LogP contribution < -0.4 is 5.32 Å². The lowest BCUT2D eigenvalue weighted by atomic mass is 10.1. The summed E-state index contributed by atoms with van der Waals surface area (Å²) in [6.07, 6.45) is 5.29. The number of imidazole rings is 1. The third kappa shape index (κ3) is 3.01. The van der Waals surface area contributed by atoms with E-state index in [2.05, 4.69) is 15.3 Å². The van der Waals surface area contributed by atoms with E-state index < -0.39 is 0 Å². The molecule has 0 aliphatic carbocycles. The number of carbonyl (C=O) groups excluding carboxylic acids is 1. The van der Waals surface area contributed by atoms with Gasteiger partial charge in [0, 0.05) is 30.6 Å². The van der Waals surface area contributed by atoms with E-state index in [9.17, 15) is 4.79 Å². The van der Waals surface area contributed by atoms with Crippen LogP contribution in [0.5, 0.6) is 0 Å². The molecule has 4 aromatic rings. The predicted octanol–water partition coefficient (Wildman–Crippen LogP) is 3.86. The summed E-state index contributed by atoms with van der Waals surface area (Å²) in [5.41, 5.74) is 3.82. The first-order valence-corrected chi connectivity index (χ1v) is 7.88. The van der Waals surface area contributed by atoms with E-state index in [0.717, 1.165) is 16.8 Å². The normalized spacial score (nSPS) is 11.0. The van der Waals surface area contributed by atoms with Crippen molar-refractivity contribution in [1.29, 1.82) is 0 Å². The number of aromatic nitrogens is 3. The van der Waals surface area contributed by atoms with Gasteiger partial charge in [-0.3, -0.25) is 4.79 Å². The molecule has 0 atom stereocenters. The van der Waals surface area contributed by atoms with Gasteiger partial charge in [-0.2, -0.15) is 0 Å². The number of fused-ring (bicyclic) bond motifs is 1. The average Bonchev–Trinajstić information content (AvgIpc) is 3.21. The monoisotopic (exact) mass is 332 g/mol. The quantitative estimate of drug-likeness (QED) is 0.618. The first-order chi connectivity index (χ1) is 12.1. The highest BCUT2D eigenvalue weighted by atomic mass is 16.4. The predicted molar refractivity (Wildman–Crippen MR) is 94.6 cm³/mol. The fraction of sp³-hybridized carbons (Fsp3) is 0.105. The molecule has 124 valence electrons. The summed E-state index contributed by atoms with van der Waals surface area (Å²) in [6, 6.07) is 11.3. The Hall–Kier alpha value is -3.41. The van der Waals surface area contributed by atoms with Gasteiger partial charge in [0.25, 0.3) is 5.91 Å². The van der Waals surface area contributed by atoms with Crippen LogP contribution in [0.3, 0.4) is 0 Å². The van der Waals surface area contributed by atoms with Crippen LogP contribution in [0.25, 0.3) is 17.0 Å². The number of rotatable bonds is 3. The van der Waals surface area contributed by atoms with Crippen molar-refractivity contribution in [1.82, 2.24) is 14.4 Å². The topological polar surface area (TPSA) is 72.4 Å². The smallest absolute Gasteiger partial charge is 0.275 e. The highest BCUT2D eigenvalue weighted by Gasteiger charge is 2.11. The fourth-order valence-corrected chi connectivity index (χ4v) is 2.60. The van der Waals surface area contributed by atoms with Gasteiger partial charge < -0.3 is 14.1 Å². The maximum atomic E-state index is 12.4. The van der Waals surface area contributed by atoms with Gasteiger partial charge in [-0.25, -0.2) is 9.97 Å². The molecule has 3 heterocycles. The standard InChI is InChI=1S/C19H16N4O2/c1-12-7-8-23-11-16(22-18(23)9-12)19(24)21-15-5-3-14(4-6-15)17-10-20-13(2)25-17/h3-11H,1-2H3,(H,21,24). The van der Waals surface area contributed by atoms with Crippen LogP contribution in [0.2, 0.25) is 0 Å². The molecule has 25 heavy (non-hydrogen) atoms. The number of oxazole rings is 1. The van der Waals surface area contributed by atoms with Crippen LogP contribution in [0, 0.1) is 13.8 Å². The van der Waals surface area contributed by atoms with E-state index in [1.807, 2.05) is 53.9 Å². The maximum absolute atomic E-state index is 12.4. The molecule has 0 radical (unpaired) electrons. The number of amides is 1. The Morgan fingerprint density at radius 1 is 1.16 bits per heavy atom. The number of aryl methyl sites for hydroxylation is 2. The van der Waals surface area contributed by atoms with E-state index >= 15 is 0 Å². The number of hydrogen-bond donors (Lipinski definition) is 1. The number of carbonyl (C=O) groups is 1. The Bertz CT molecular complexity index is 1060. The second-order valence-corrected chi connectivity index (χ2v) is 5.87. The Morgan fingerprint density at radius 3 is 2.68 bits per heavy atom. The molecule has 0 spiro atoms. The molecule has 1 amide bonds. The molecule has 6 heteroatoms. The van der Waals surface area contributed by atoms with Crippen LogP contribution in [0.4, 0.5) is 5.69 Å². The SMILES string of the molecule is Cc1ccn2cc(C(=O)Nc3ccc(-c4cnc(C)o4)cc3)nc2c1. The molecule has 6 nitrogen and oxygen atoms in total. The van der Waals surface area contributed by atoms with Crippen molar-refractivity contribution in [3.8, 4) is 11.3 Å². The van der Waals surface area contributed by atoms with Crippen LogP contribution >= 0.6 is 0 Å². The van der Waals surface area contributed by atoms with Crippen LogP contribution in [-0.2, 0) is 0 Å². The molecule has 1 aromatic carbocycles. The lowest BCUT2D eigenvalue weighted by molar-refractivity contribution is 0.102. The van der Waals surface area contributed by atoms with Crippen molar-refractivity contribution in [2.45, 2.75) is 13.8 Å². The molecule has 0 unspecified atom stereocenters. The zero-order valence-corrected chi connectivity index (χ0v) is 13.9. The van der Waals surface area contributed by atoms with Gasteiger partial charge in [-0.1, -0.05) is 0 Å². The van der Waals surface area contributed by atoms with Crippen LogP contribution in [0.15, 0.2) is 59.4 Å². The highest BCUT2D eigenvalue weighted by Crippen LogP contribution is 2.22. The first kappa shape index (κ1) is 15.1. The van der Waals surface area contributed by atoms with Gasteiger partial charge in [0.05, 0.1) is 6.20 Å². The van der Waals surface area contributed by atoms with Gasteiger partial charge >= 0.3 is 0 Å². The number of nitrogens with one attached hydrogen (secondary N) is 1. The minimum absolute atomic E-state index is 0.246. The third-order valence-corrected chi connectivity index (χ3v) is 3.90. The molecular weight excluding hydrogens is 316 g/mol. The van der Waals surface area contributed by atoms with E-state index in [1.165, 1.54) is 0 Å². The van der Waals surface area contributed by atoms with Crippen molar-refractivity contribution in [3.63, 3.8) is 0 Å². The van der Waals surface area contributed by atoms with Crippen LogP contribution in [-0.4, -0.2) is 20.3 Å². The lowest BCUT2D eigenvalue weighted by Crippen LogP contribution is -2.12. The molecule has 0 bridgehead atoms. The van der Waals surface area contributed by atoms with Crippen molar-refractivity contribution in [2.24, 2.45) is 0 Å². The van der Waals surface area contributed by atoms with Crippen molar-refractivity contribution >= 4 is 17.2 Å². The number of hydrogen-bond acceptors (Lipinski definition) is 4. The van der Waals surface area contributed by atoms with Gasteiger partial charge in [-0.15, -0.1) is 0 Å². The maximum Gasteiger partial charge on any atom is 0.275 e. The van der Waals surface area contributed by atoms with Crippen molar-refractivity contribution in [2.75, 3.05) is 5.32 Å². The largest absolute Gasteiger partial charge is 0.441 e. The highest BCUT2D eigenvalue weighted by molar-refractivity contribution is 6.03. The van der Waals surface area contributed by atoms with Crippen molar-refractivity contribution < 1.29 is 9.21 Å². The Morgan fingerprint density at radius 2 is 1.96 bits per heavy atom. The van der Waals surface area contributed by atoms with E-state index in [1.54, 1.807) is 19.3 Å². The summed E-state index contributed by atoms with van der Waals surface area (Å²) in [5, 5.41) is 2.86. The van der Waals surface area contributed by atoms with Gasteiger partial charge in [0.15, 0.2) is 11.7 Å². The minimum Gasteiger partial charge on any atom is -0.441 e. The summed E-state index contributed by atoms with van der Waals surface area (Å²) in [6.45, 7) is 3.79. The van der Waals surface area contributed by atoms with E-state index in [0.29, 0.717) is 23.0 Å². The number of anilines is 1. The van der Waals surface area contributed by atoms with Gasteiger partial charge in [0.1, 0.15) is 11.3 Å². The van der Waals surface area contributed by atoms with Crippen LogP contribution in [0.1, 0.15) is 21.9 Å². The zero-order valence-electron chi connectivity index (χ0n) is 13.9. The molecule has 1 N–H and O–H groups in total. The van der Waals surface area contributed by atoms with E-state index in [-0.39, 0.29) is 5.91 Å². The molecule has 0 saturated heterocycles. The van der Waals surface area contributed by atoms with E-state index in [4.69, 9.17) is 4.42 Å². The van der Waals surface area contributed by atoms with Crippen molar-refractivity contribution in [3.05, 3.63) is 72.1 Å². The average molecular weight is 332 g/mol. The number of benzene rings is 1. The Balaban J connectivity index is 1.53. The lowest BCUT2D eigenvalue weighted by Gasteiger charge is -2.03. The molecular formula is C19H16N4O2. The zero-order chi connectivity index (χ0) is 17.4. The van der Waals surface area contributed by atoms with Gasteiger partial charge in [0.2, 0.25) is 0 Å². The fourth-order valence-electron chi connectivity index (χ4n) is 2.60. The third-order valence-electron chi connectivity index (χ3n) is 3.90. The first-order valence-electron chi connectivity index (χ1n) is 7.88. The summed E-state index contributed by atoms with van der Waals surface area (Å²) < 4.78 is 7.32. The number of pyridine rings is 1. The summed E-state index contributed by atoms with van der Waals surface area (Å²) in [7, 11) is 0. The summed E-state index contributed by atoms with van der Waals surface area (Å²) >= 11 is 0. The Kier molecular flexibility index (Phi) is 3.57. The molecule has 4 rings (SSSR count). The minimum atomic E-state index is -0.246.